The molecule has 6 rings (SSSR count). The summed E-state index contributed by atoms with van der Waals surface area (Å²) in [6.07, 6.45) is 4.34. The molecule has 0 spiro atoms. The van der Waals surface area contributed by atoms with Crippen LogP contribution in [0.4, 0.5) is 0 Å². The third kappa shape index (κ3) is 29.4. The summed E-state index contributed by atoms with van der Waals surface area (Å²) in [4.78, 5) is 270. The number of aromatic nitrogens is 4. The number of nitrogens with zero attached hydrogens (tertiary/aromatic N) is 4. The molecule has 2 aromatic heterocycles. The van der Waals surface area contributed by atoms with Gasteiger partial charge < -0.3 is 121 Å². The maximum absolute atomic E-state index is 15.0. The number of amides is 17. The largest absolute Gasteiger partial charge is 0.481 e. The van der Waals surface area contributed by atoms with Crippen molar-refractivity contribution in [1.82, 2.24) is 98.9 Å². The van der Waals surface area contributed by atoms with Gasteiger partial charge >= 0.3 is 5.97 Å². The topological polar surface area (TPSA) is 666 Å². The number of unbranched alkanes of at least 4 members (excludes halogenated alkanes) is 2. The Morgan fingerprint density at radius 2 is 0.983 bits per heavy atom. The molecule has 0 saturated carbocycles. The SMILES string of the molecule is CC(C)C[C@@H]1NC(=O)C(CCCCCC(=O)O)NC(=O)[C@@H]2CCCN2C(=O)[C@H](Cc2cnc[nH]2)NC(=O)[C@H](CC(N)=O)NC(=O)[C@H](C(C)C)NC(=O)[C@H](CO)NC(=O)[C@@H]2CSSC[C@H](NC(=O)CN)C(=O)N[C@@H](CSSC[C@@H](C(N)=O)NC1=O)C(=O)N[C@@H](CO)C(=O)N[C@@H](Cc1cnc[nH]1)C(=O)N1CCC[C@H]1C(=O)N[C@@H](C)C(=O)N2. The second kappa shape index (κ2) is 46.6. The average Bonchev–Trinajstić information content (AvgIpc) is 1.69. The predicted octanol–water partition coefficient (Wildman–Crippen LogP) is -7.95. The number of hydrogen-bond donors (Lipinski definition) is 21. The Morgan fingerprint density at radius 3 is 1.47 bits per heavy atom. The summed E-state index contributed by atoms with van der Waals surface area (Å²) in [6.45, 7) is 4.49. The van der Waals surface area contributed by atoms with Gasteiger partial charge in [-0.15, -0.1) is 0 Å². The van der Waals surface area contributed by atoms with Crippen LogP contribution in [0.25, 0.3) is 0 Å². The van der Waals surface area contributed by atoms with Crippen LogP contribution >= 0.6 is 43.2 Å². The van der Waals surface area contributed by atoms with Crippen molar-refractivity contribution < 1.29 is 102 Å². The number of aromatic amines is 2. The van der Waals surface area contributed by atoms with Crippen molar-refractivity contribution in [1.29, 1.82) is 0 Å². The minimum Gasteiger partial charge on any atom is -0.481 e. The monoisotopic (exact) mass is 1690 g/mol. The van der Waals surface area contributed by atoms with Crippen molar-refractivity contribution in [2.75, 3.05) is 55.9 Å². The van der Waals surface area contributed by atoms with Crippen molar-refractivity contribution in [2.24, 2.45) is 29.0 Å². The molecule has 4 aliphatic rings. The summed E-state index contributed by atoms with van der Waals surface area (Å²) in [5.41, 5.74) is 17.8. The number of carboxylic acids is 1. The fourth-order valence-corrected chi connectivity index (χ4v) is 17.2. The van der Waals surface area contributed by atoms with Crippen LogP contribution in [0.1, 0.15) is 117 Å². The lowest BCUT2D eigenvalue weighted by atomic mass is 10.0. The summed E-state index contributed by atoms with van der Waals surface area (Å²) < 4.78 is 0. The zero-order chi connectivity index (χ0) is 84.8. The van der Waals surface area contributed by atoms with Crippen molar-refractivity contribution in [2.45, 2.75) is 209 Å². The molecule has 115 heavy (non-hydrogen) atoms. The van der Waals surface area contributed by atoms with E-state index in [4.69, 9.17) is 17.2 Å². The number of carbonyl (C=O) groups is 18. The maximum atomic E-state index is 15.0. The normalized spacial score (nSPS) is 27.5. The van der Waals surface area contributed by atoms with Gasteiger partial charge in [-0.05, 0) is 63.7 Å². The highest BCUT2D eigenvalue weighted by molar-refractivity contribution is 8.77. The third-order valence-electron chi connectivity index (χ3n) is 18.8. The Morgan fingerprint density at radius 1 is 0.522 bits per heavy atom. The number of aliphatic hydroxyl groups excluding tert-OH is 2. The Bertz CT molecular complexity index is 3770. The Kier molecular flexibility index (Phi) is 38.1. The first kappa shape index (κ1) is 94.0. The van der Waals surface area contributed by atoms with Gasteiger partial charge in [-0.3, -0.25) is 86.3 Å². The first-order valence-corrected chi connectivity index (χ1v) is 42.3. The summed E-state index contributed by atoms with van der Waals surface area (Å²) in [5, 5.41) is 63.5. The molecule has 0 aromatic carbocycles. The molecule has 0 radical (unpaired) electrons. The van der Waals surface area contributed by atoms with Gasteiger partial charge in [-0.1, -0.05) is 83.7 Å². The maximum Gasteiger partial charge on any atom is 0.303 e. The summed E-state index contributed by atoms with van der Waals surface area (Å²) in [5.74, 6) is -21.6. The number of carboxylic acid groups (broad SMARTS) is 1. The van der Waals surface area contributed by atoms with Gasteiger partial charge in [-0.2, -0.15) is 0 Å². The van der Waals surface area contributed by atoms with E-state index in [0.29, 0.717) is 5.69 Å². The molecule has 636 valence electrons. The molecule has 4 aliphatic heterocycles. The molecule has 2 bridgehead atoms. The molecule has 4 saturated heterocycles. The summed E-state index contributed by atoms with van der Waals surface area (Å²) >= 11 is 0. The Hall–Kier alpha value is -9.84. The number of aliphatic carboxylic acids is 1. The quantitative estimate of drug-likeness (QED) is 0.0432. The van der Waals surface area contributed by atoms with Crippen LogP contribution in [-0.2, 0) is 99.1 Å². The molecule has 0 aliphatic carbocycles. The lowest BCUT2D eigenvalue weighted by molar-refractivity contribution is -0.143. The molecule has 4 fully saturated rings. The molecular formula is C68H104N22O21S4. The minimum absolute atomic E-state index is 0.0103. The van der Waals surface area contributed by atoms with Crippen LogP contribution in [0.15, 0.2) is 25.0 Å². The molecule has 6 heterocycles. The number of nitrogens with two attached hydrogens (primary N) is 3. The predicted molar refractivity (Wildman–Crippen MR) is 416 cm³/mol. The fourth-order valence-electron chi connectivity index (χ4n) is 12.6. The van der Waals surface area contributed by atoms with Crippen LogP contribution < -0.4 is 86.3 Å². The Balaban J connectivity index is 1.45. The van der Waals surface area contributed by atoms with Gasteiger partial charge in [0.25, 0.3) is 0 Å². The van der Waals surface area contributed by atoms with Crippen molar-refractivity contribution in [3.63, 3.8) is 0 Å². The molecule has 1 unspecified atom stereocenters. The van der Waals surface area contributed by atoms with Gasteiger partial charge in [-0.25, -0.2) is 9.97 Å². The van der Waals surface area contributed by atoms with E-state index >= 15 is 0 Å². The van der Waals surface area contributed by atoms with Gasteiger partial charge in [0.15, 0.2) is 0 Å². The average molecular weight is 1690 g/mol. The summed E-state index contributed by atoms with van der Waals surface area (Å²) in [7, 11) is 3.23. The number of fused-ring (bicyclic) bond motifs is 10. The van der Waals surface area contributed by atoms with E-state index in [1.165, 1.54) is 45.8 Å². The van der Waals surface area contributed by atoms with Crippen molar-refractivity contribution in [3.8, 4) is 0 Å². The van der Waals surface area contributed by atoms with Gasteiger partial charge in [0.1, 0.15) is 90.6 Å². The van der Waals surface area contributed by atoms with E-state index in [2.05, 4.69) is 89.1 Å². The van der Waals surface area contributed by atoms with Crippen LogP contribution in [-0.4, -0.2) is 298 Å². The standard InChI is InChI=1S/C68H104N22O21S4/c1-32(2)17-38-57(100)85-44(54(71)97)26-112-114-29-47-63(106)83-42(24-91)59(102)82-41(19-36-23-73-31-75-36)68(111)89-15-9-12-48(89)64(107)76-34(5)55(98)86-46(28-115-113-27-45(61(104)87-47)77-51(94)21-69)62(105)84-43(25-92)60(103)88-53(33(3)4)66(109)80-39(20-50(70)93)58(101)81-40(18-35-22-72-30-74-35)67(110)90-16-10-13-49(90)65(108)78-37(56(99)79-38)11-7-6-8-14-52(95)96/h22-23,30-34,37-49,53,91-92H,6-21,24-29,69H2,1-5H3,(H2,70,93)(H2,71,97)(H,72,74)(H,73,75)(H,76,107)(H,77,94)(H,78,108)(H,79,99)(H,80,109)(H,81,101)(H,82,102)(H,83,106)(H,84,105)(H,85,100)(H,86,98)(H,87,104)(H,88,103)(H,95,96)/t34-,37?,38-,39-,40-,41-,42-,43-,44-,45-,46-,47-,48-,49-,53-/m0/s1. The van der Waals surface area contributed by atoms with Gasteiger partial charge in [0.05, 0.1) is 38.8 Å². The first-order valence-electron chi connectivity index (χ1n) is 37.3. The zero-order valence-electron chi connectivity index (χ0n) is 64.0. The van der Waals surface area contributed by atoms with E-state index in [0.717, 1.165) is 53.0 Å². The molecule has 47 heteroatoms. The summed E-state index contributed by atoms with van der Waals surface area (Å²) in [6, 6.07) is -24.2. The number of imidazole rings is 2. The molecule has 43 nitrogen and oxygen atoms in total. The van der Waals surface area contributed by atoms with Crippen LogP contribution in [0.5, 0.6) is 0 Å². The van der Waals surface area contributed by atoms with Crippen LogP contribution in [0.3, 0.4) is 0 Å². The van der Waals surface area contributed by atoms with Gasteiger partial charge in [0, 0.05) is 79.1 Å². The lowest BCUT2D eigenvalue weighted by Crippen LogP contribution is -2.62. The number of aliphatic hydroxyl groups is 2. The van der Waals surface area contributed by atoms with E-state index in [1.807, 2.05) is 0 Å². The van der Waals surface area contributed by atoms with Crippen molar-refractivity contribution >= 4 is 150 Å². The fraction of sp³-hybridized carbons (Fsp3) is 0.647. The number of hydrogen-bond acceptors (Lipinski definition) is 27. The minimum atomic E-state index is -1.95. The second-order valence-corrected chi connectivity index (χ2v) is 33.6. The number of rotatable bonds is 20. The highest BCUT2D eigenvalue weighted by Crippen LogP contribution is 2.27. The highest BCUT2D eigenvalue weighted by Gasteiger charge is 2.44. The molecule has 24 N–H and O–H groups in total. The molecule has 2 aromatic rings. The second-order valence-electron chi connectivity index (χ2n) is 28.5. The number of nitrogens with one attached hydrogen (secondary N) is 15. The first-order chi connectivity index (χ1) is 54.6. The lowest BCUT2D eigenvalue weighted by Gasteiger charge is -2.31. The molecular weight excluding hydrogens is 1590 g/mol. The van der Waals surface area contributed by atoms with Gasteiger partial charge in [0.2, 0.25) is 100 Å². The number of primary amides is 2. The molecule has 17 amide bonds. The number of H-pyrrole nitrogens is 2. The smallest absolute Gasteiger partial charge is 0.303 e. The number of carbonyl (C=O) groups excluding carboxylic acids is 17. The highest BCUT2D eigenvalue weighted by atomic mass is 33.1. The van der Waals surface area contributed by atoms with Crippen LogP contribution in [0, 0.1) is 11.8 Å². The van der Waals surface area contributed by atoms with E-state index in [-0.39, 0.29) is 108 Å². The van der Waals surface area contributed by atoms with E-state index < -0.39 is 246 Å². The van der Waals surface area contributed by atoms with E-state index in [9.17, 15) is 102 Å². The Labute approximate surface area is 676 Å². The van der Waals surface area contributed by atoms with Crippen molar-refractivity contribution in [3.05, 3.63) is 36.4 Å². The third-order valence-corrected chi connectivity index (χ3v) is 23.6. The van der Waals surface area contributed by atoms with Crippen LogP contribution in [0.2, 0.25) is 0 Å². The van der Waals surface area contributed by atoms with E-state index in [1.54, 1.807) is 13.8 Å². The zero-order valence-corrected chi connectivity index (χ0v) is 67.3. The molecule has 15 atom stereocenters.